The highest BCUT2D eigenvalue weighted by molar-refractivity contribution is 6.16. The fraction of sp³-hybridized carbons (Fsp3) is 0.105. The Morgan fingerprint density at radius 2 is 1.75 bits per heavy atom. The number of hydrogen-bond acceptors (Lipinski definition) is 5. The van der Waals surface area contributed by atoms with Gasteiger partial charge < -0.3 is 19.3 Å². The van der Waals surface area contributed by atoms with E-state index in [9.17, 15) is 5.11 Å². The highest BCUT2D eigenvalue weighted by atomic mass is 16.7. The third kappa shape index (κ3) is 1.66. The highest BCUT2D eigenvalue weighted by Crippen LogP contribution is 2.41. The topological polar surface area (TPSA) is 60.8 Å². The van der Waals surface area contributed by atoms with Gasteiger partial charge >= 0.3 is 0 Å². The van der Waals surface area contributed by atoms with Crippen molar-refractivity contribution in [2.75, 3.05) is 13.9 Å². The minimum absolute atomic E-state index is 0.107. The van der Waals surface area contributed by atoms with Gasteiger partial charge in [-0.05, 0) is 35.0 Å². The lowest BCUT2D eigenvalue weighted by atomic mass is 10.0. The van der Waals surface area contributed by atoms with Gasteiger partial charge in [0.25, 0.3) is 0 Å². The molecule has 5 heteroatoms. The molecule has 0 saturated heterocycles. The monoisotopic (exact) mass is 319 g/mol. The fourth-order valence-corrected chi connectivity index (χ4v) is 3.30. The summed E-state index contributed by atoms with van der Waals surface area (Å²) in [6.07, 6.45) is 1.68. The van der Waals surface area contributed by atoms with Gasteiger partial charge in [0.2, 0.25) is 6.79 Å². The van der Waals surface area contributed by atoms with Gasteiger partial charge in [0.05, 0.1) is 12.6 Å². The van der Waals surface area contributed by atoms with Crippen molar-refractivity contribution in [3.05, 3.63) is 42.6 Å². The summed E-state index contributed by atoms with van der Waals surface area (Å²) < 4.78 is 16.1. The van der Waals surface area contributed by atoms with Crippen LogP contribution in [0.25, 0.3) is 32.4 Å². The van der Waals surface area contributed by atoms with Crippen LogP contribution in [0, 0.1) is 0 Å². The Labute approximate surface area is 137 Å². The maximum Gasteiger partial charge on any atom is 0.231 e. The summed E-state index contributed by atoms with van der Waals surface area (Å²) in [5.74, 6) is 2.03. The van der Waals surface area contributed by atoms with Crippen LogP contribution in [0.1, 0.15) is 0 Å². The fourth-order valence-electron chi connectivity index (χ4n) is 3.30. The van der Waals surface area contributed by atoms with E-state index in [1.54, 1.807) is 12.3 Å². The molecule has 1 aromatic heterocycles. The number of phenolic OH excluding ortho intramolecular Hbond substituents is 1. The Morgan fingerprint density at radius 3 is 2.58 bits per heavy atom. The maximum atomic E-state index is 10.3. The van der Waals surface area contributed by atoms with E-state index in [1.165, 1.54) is 7.11 Å². The Balaban J connectivity index is 1.90. The molecule has 24 heavy (non-hydrogen) atoms. The molecule has 0 unspecified atom stereocenters. The molecule has 0 spiro atoms. The van der Waals surface area contributed by atoms with Crippen molar-refractivity contribution in [3.8, 4) is 23.0 Å². The van der Waals surface area contributed by atoms with E-state index in [4.69, 9.17) is 14.2 Å². The Bertz CT molecular complexity index is 1140. The minimum Gasteiger partial charge on any atom is -0.504 e. The standard InChI is InChI=1S/C19H13NO4/c1-22-15-5-4-11-12-3-2-10-6-16-17(24-9-23-16)7-13(10)18(12)20-8-14(11)19(15)21/h2-8,21H,9H2,1H3. The molecule has 0 aliphatic carbocycles. The van der Waals surface area contributed by atoms with Gasteiger partial charge in [-0.25, -0.2) is 0 Å². The third-order valence-corrected chi connectivity index (χ3v) is 4.50. The van der Waals surface area contributed by atoms with E-state index in [-0.39, 0.29) is 12.5 Å². The number of phenols is 1. The molecule has 0 atom stereocenters. The predicted molar refractivity (Wildman–Crippen MR) is 91.1 cm³/mol. The number of hydrogen-bond donors (Lipinski definition) is 1. The van der Waals surface area contributed by atoms with Crippen LogP contribution in [-0.4, -0.2) is 24.0 Å². The number of pyridine rings is 1. The summed E-state index contributed by atoms with van der Waals surface area (Å²) in [5.41, 5.74) is 0.864. The van der Waals surface area contributed by atoms with E-state index < -0.39 is 0 Å². The van der Waals surface area contributed by atoms with Gasteiger partial charge in [-0.1, -0.05) is 12.1 Å². The average Bonchev–Trinajstić information content (AvgIpc) is 3.07. The van der Waals surface area contributed by atoms with Gasteiger partial charge in [0.15, 0.2) is 23.0 Å². The molecule has 1 aliphatic heterocycles. The smallest absolute Gasteiger partial charge is 0.231 e. The predicted octanol–water partition coefficient (Wildman–Crippen LogP) is 3.98. The van der Waals surface area contributed by atoms with Crippen molar-refractivity contribution in [2.45, 2.75) is 0 Å². The average molecular weight is 319 g/mol. The van der Waals surface area contributed by atoms with Crippen LogP contribution in [-0.2, 0) is 0 Å². The number of nitrogens with zero attached hydrogens (tertiary/aromatic N) is 1. The van der Waals surface area contributed by atoms with Crippen molar-refractivity contribution in [1.29, 1.82) is 0 Å². The number of methoxy groups -OCH3 is 1. The highest BCUT2D eigenvalue weighted by Gasteiger charge is 2.17. The van der Waals surface area contributed by atoms with Crippen LogP contribution in [0.2, 0.25) is 0 Å². The Morgan fingerprint density at radius 1 is 0.958 bits per heavy atom. The van der Waals surface area contributed by atoms with E-state index in [0.717, 1.165) is 38.6 Å². The summed E-state index contributed by atoms with van der Waals surface area (Å²) in [7, 11) is 1.53. The second kappa shape index (κ2) is 4.64. The molecule has 0 radical (unpaired) electrons. The number of benzene rings is 3. The lowest BCUT2D eigenvalue weighted by Crippen LogP contribution is -1.92. The van der Waals surface area contributed by atoms with Gasteiger partial charge in [-0.3, -0.25) is 4.98 Å². The van der Waals surface area contributed by atoms with E-state index in [2.05, 4.69) is 4.98 Å². The quantitative estimate of drug-likeness (QED) is 0.538. The van der Waals surface area contributed by atoms with E-state index >= 15 is 0 Å². The number of fused-ring (bicyclic) bond motifs is 6. The van der Waals surface area contributed by atoms with Crippen molar-refractivity contribution < 1.29 is 19.3 Å². The molecule has 5 rings (SSSR count). The van der Waals surface area contributed by atoms with Gasteiger partial charge in [0.1, 0.15) is 0 Å². The first-order valence-electron chi connectivity index (χ1n) is 7.57. The lowest BCUT2D eigenvalue weighted by Gasteiger charge is -2.10. The van der Waals surface area contributed by atoms with Gasteiger partial charge in [-0.2, -0.15) is 0 Å². The van der Waals surface area contributed by atoms with Crippen LogP contribution in [0.4, 0.5) is 0 Å². The number of rotatable bonds is 1. The summed E-state index contributed by atoms with van der Waals surface area (Å²) in [6, 6.07) is 11.7. The molecular weight excluding hydrogens is 306 g/mol. The number of ether oxygens (including phenoxy) is 3. The van der Waals surface area contributed by atoms with Crippen LogP contribution in [0.5, 0.6) is 23.0 Å². The molecule has 118 valence electrons. The Kier molecular flexibility index (Phi) is 2.56. The summed E-state index contributed by atoms with van der Waals surface area (Å²) in [5, 5.41) is 14.9. The molecule has 1 N–H and O–H groups in total. The zero-order valence-electron chi connectivity index (χ0n) is 12.9. The normalized spacial score (nSPS) is 13.0. The Hall–Kier alpha value is -3.21. The van der Waals surface area contributed by atoms with Gasteiger partial charge in [0, 0.05) is 22.4 Å². The molecule has 3 aromatic carbocycles. The number of aromatic hydroxyl groups is 1. The van der Waals surface area contributed by atoms with Crippen LogP contribution in [0.3, 0.4) is 0 Å². The molecule has 5 nitrogen and oxygen atoms in total. The largest absolute Gasteiger partial charge is 0.504 e. The van der Waals surface area contributed by atoms with Crippen LogP contribution >= 0.6 is 0 Å². The minimum atomic E-state index is 0.107. The zero-order valence-corrected chi connectivity index (χ0v) is 12.9. The molecule has 4 aromatic rings. The molecule has 0 fully saturated rings. The molecular formula is C19H13NO4. The maximum absolute atomic E-state index is 10.3. The first kappa shape index (κ1) is 13.2. The SMILES string of the molecule is COc1ccc2c(cnc3c4cc5c(cc4ccc23)OCO5)c1O. The van der Waals surface area contributed by atoms with E-state index in [1.807, 2.05) is 30.3 Å². The second-order valence-corrected chi connectivity index (χ2v) is 5.72. The van der Waals surface area contributed by atoms with Gasteiger partial charge in [-0.15, -0.1) is 0 Å². The summed E-state index contributed by atoms with van der Waals surface area (Å²) in [4.78, 5) is 4.59. The molecule has 0 saturated carbocycles. The van der Waals surface area contributed by atoms with Crippen molar-refractivity contribution in [1.82, 2.24) is 4.98 Å². The van der Waals surface area contributed by atoms with Crippen molar-refractivity contribution in [2.24, 2.45) is 0 Å². The van der Waals surface area contributed by atoms with Crippen molar-refractivity contribution in [3.63, 3.8) is 0 Å². The molecule has 0 bridgehead atoms. The lowest BCUT2D eigenvalue weighted by molar-refractivity contribution is 0.174. The van der Waals surface area contributed by atoms with Crippen molar-refractivity contribution >= 4 is 32.4 Å². The first-order valence-corrected chi connectivity index (χ1v) is 7.57. The molecule has 0 amide bonds. The van der Waals surface area contributed by atoms with Crippen LogP contribution in [0.15, 0.2) is 42.6 Å². The van der Waals surface area contributed by atoms with E-state index in [0.29, 0.717) is 11.1 Å². The van der Waals surface area contributed by atoms with Crippen LogP contribution < -0.4 is 14.2 Å². The molecule has 2 heterocycles. The zero-order chi connectivity index (χ0) is 16.3. The third-order valence-electron chi connectivity index (χ3n) is 4.50. The second-order valence-electron chi connectivity index (χ2n) is 5.72. The molecule has 1 aliphatic rings. The summed E-state index contributed by atoms with van der Waals surface area (Å²) in [6.45, 7) is 0.244. The summed E-state index contributed by atoms with van der Waals surface area (Å²) >= 11 is 0. The number of aromatic nitrogens is 1. The first-order chi connectivity index (χ1) is 11.8.